The van der Waals surface area contributed by atoms with Gasteiger partial charge in [0.1, 0.15) is 0 Å². The van der Waals surface area contributed by atoms with Gasteiger partial charge in [-0.05, 0) is 24.3 Å². The number of fused-ring (bicyclic) bond motifs is 3. The molecule has 0 aliphatic heterocycles. The van der Waals surface area contributed by atoms with Crippen LogP contribution >= 0.6 is 0 Å². The third kappa shape index (κ3) is 0.973. The second-order valence-corrected chi connectivity index (χ2v) is 3.04. The van der Waals surface area contributed by atoms with Gasteiger partial charge in [-0.3, -0.25) is 9.97 Å². The van der Waals surface area contributed by atoms with Crippen molar-refractivity contribution in [3.05, 3.63) is 48.8 Å². The van der Waals surface area contributed by atoms with Gasteiger partial charge in [-0.1, -0.05) is 12.1 Å². The van der Waals surface area contributed by atoms with E-state index in [9.17, 15) is 0 Å². The average molecular weight is 178 g/mol. The third-order valence-corrected chi connectivity index (χ3v) is 2.19. The summed E-state index contributed by atoms with van der Waals surface area (Å²) < 4.78 is 0. The van der Waals surface area contributed by atoms with Crippen LogP contribution in [0.1, 0.15) is 0 Å². The predicted octanol–water partition coefficient (Wildman–Crippen LogP) is 2.38. The van der Waals surface area contributed by atoms with E-state index in [2.05, 4.69) is 22.1 Å². The van der Waals surface area contributed by atoms with E-state index in [4.69, 9.17) is 0 Å². The van der Waals surface area contributed by atoms with Crippen molar-refractivity contribution in [2.24, 2.45) is 0 Å². The molecule has 0 atom stereocenters. The standard InChI is InChI=1S/C12H6N2/c1-3-9-5-6-10-4-2-8-14-12(10)11(9)13-7-1/h1-2,5-8H. The first kappa shape index (κ1) is 7.44. The summed E-state index contributed by atoms with van der Waals surface area (Å²) in [6.07, 6.45) is 3.47. The summed E-state index contributed by atoms with van der Waals surface area (Å²) in [5.41, 5.74) is 1.78. The fourth-order valence-electron chi connectivity index (χ4n) is 1.55. The van der Waals surface area contributed by atoms with Crippen LogP contribution in [0, 0.1) is 12.1 Å². The Morgan fingerprint density at radius 3 is 1.79 bits per heavy atom. The summed E-state index contributed by atoms with van der Waals surface area (Å²) in [5, 5.41) is 1.99. The zero-order valence-corrected chi connectivity index (χ0v) is 7.36. The monoisotopic (exact) mass is 178 g/mol. The zero-order valence-electron chi connectivity index (χ0n) is 7.36. The van der Waals surface area contributed by atoms with Gasteiger partial charge in [0.05, 0.1) is 11.0 Å². The van der Waals surface area contributed by atoms with Gasteiger partial charge >= 0.3 is 0 Å². The van der Waals surface area contributed by atoms with Crippen LogP contribution in [0.25, 0.3) is 21.8 Å². The van der Waals surface area contributed by atoms with Crippen LogP contribution in [0.2, 0.25) is 0 Å². The Labute approximate surface area is 81.2 Å². The molecule has 2 heterocycles. The Balaban J connectivity index is 2.61. The zero-order chi connectivity index (χ0) is 9.38. The minimum atomic E-state index is 0.891. The van der Waals surface area contributed by atoms with Crippen molar-refractivity contribution in [2.45, 2.75) is 0 Å². The maximum Gasteiger partial charge on any atom is 0.0970 e. The molecule has 0 saturated heterocycles. The Hall–Kier alpha value is -1.96. The molecule has 1 aromatic carbocycles. The summed E-state index contributed by atoms with van der Waals surface area (Å²) in [6, 6.07) is 13.8. The van der Waals surface area contributed by atoms with E-state index in [0.29, 0.717) is 0 Å². The van der Waals surface area contributed by atoms with Gasteiger partial charge in [-0.2, -0.15) is 0 Å². The Morgan fingerprint density at radius 2 is 1.29 bits per heavy atom. The summed E-state index contributed by atoms with van der Waals surface area (Å²) in [6.45, 7) is 0. The summed E-state index contributed by atoms with van der Waals surface area (Å²) in [5.74, 6) is 0. The topological polar surface area (TPSA) is 25.8 Å². The lowest BCUT2D eigenvalue weighted by Crippen LogP contribution is -1.83. The molecule has 0 unspecified atom stereocenters. The minimum absolute atomic E-state index is 0.891. The van der Waals surface area contributed by atoms with Crippen LogP contribution in [0.15, 0.2) is 36.7 Å². The van der Waals surface area contributed by atoms with Crippen LogP contribution in [0.5, 0.6) is 0 Å². The van der Waals surface area contributed by atoms with Gasteiger partial charge < -0.3 is 0 Å². The SMILES string of the molecule is [c]1ccnc2c1ccc1[c]ccnc12. The first-order valence-corrected chi connectivity index (χ1v) is 4.37. The molecule has 0 N–H and O–H groups in total. The number of hydrogen-bond acceptors (Lipinski definition) is 2. The van der Waals surface area contributed by atoms with Crippen LogP contribution in [-0.4, -0.2) is 9.97 Å². The highest BCUT2D eigenvalue weighted by Crippen LogP contribution is 2.19. The molecule has 0 bridgehead atoms. The number of rotatable bonds is 0. The highest BCUT2D eigenvalue weighted by molar-refractivity contribution is 6.01. The van der Waals surface area contributed by atoms with Crippen LogP contribution in [0.4, 0.5) is 0 Å². The van der Waals surface area contributed by atoms with Crippen molar-refractivity contribution in [3.8, 4) is 0 Å². The van der Waals surface area contributed by atoms with Gasteiger partial charge in [-0.15, -0.1) is 0 Å². The quantitative estimate of drug-likeness (QED) is 0.494. The minimum Gasteiger partial charge on any atom is -0.254 e. The molecule has 3 rings (SSSR count). The van der Waals surface area contributed by atoms with E-state index in [0.717, 1.165) is 21.8 Å². The summed E-state index contributed by atoms with van der Waals surface area (Å²) >= 11 is 0. The van der Waals surface area contributed by atoms with Gasteiger partial charge in [0.25, 0.3) is 0 Å². The van der Waals surface area contributed by atoms with E-state index in [1.54, 1.807) is 24.5 Å². The molecule has 2 aromatic heterocycles. The highest BCUT2D eigenvalue weighted by Gasteiger charge is 2.00. The van der Waals surface area contributed by atoms with Crippen molar-refractivity contribution >= 4 is 21.8 Å². The van der Waals surface area contributed by atoms with Crippen LogP contribution in [0.3, 0.4) is 0 Å². The Bertz CT molecular complexity index is 547. The molecule has 0 aliphatic carbocycles. The van der Waals surface area contributed by atoms with E-state index in [-0.39, 0.29) is 0 Å². The lowest BCUT2D eigenvalue weighted by molar-refractivity contribution is 1.37. The van der Waals surface area contributed by atoms with E-state index >= 15 is 0 Å². The number of nitrogens with zero attached hydrogens (tertiary/aromatic N) is 2. The first-order chi connectivity index (χ1) is 6.95. The van der Waals surface area contributed by atoms with Gasteiger partial charge in [0.2, 0.25) is 0 Å². The molecular weight excluding hydrogens is 172 g/mol. The third-order valence-electron chi connectivity index (χ3n) is 2.19. The smallest absolute Gasteiger partial charge is 0.0970 e. The van der Waals surface area contributed by atoms with Crippen molar-refractivity contribution in [1.29, 1.82) is 0 Å². The molecule has 64 valence electrons. The molecule has 0 fully saturated rings. The second-order valence-electron chi connectivity index (χ2n) is 3.04. The summed E-state index contributed by atoms with van der Waals surface area (Å²) in [4.78, 5) is 8.59. The van der Waals surface area contributed by atoms with Crippen LogP contribution in [-0.2, 0) is 0 Å². The predicted molar refractivity (Wildman–Crippen MR) is 54.7 cm³/mol. The van der Waals surface area contributed by atoms with Gasteiger partial charge in [0.15, 0.2) is 0 Å². The fraction of sp³-hybridized carbons (Fsp3) is 0. The molecule has 14 heavy (non-hydrogen) atoms. The lowest BCUT2D eigenvalue weighted by atomic mass is 10.1. The lowest BCUT2D eigenvalue weighted by Gasteiger charge is -1.99. The molecular formula is C12H6N2. The molecule has 2 radical (unpaired) electrons. The average Bonchev–Trinajstić information content (AvgIpc) is 2.29. The number of hydrogen-bond donors (Lipinski definition) is 0. The van der Waals surface area contributed by atoms with E-state index in [1.807, 2.05) is 12.1 Å². The molecule has 0 spiro atoms. The number of aromatic nitrogens is 2. The normalized spacial score (nSPS) is 10.9. The summed E-state index contributed by atoms with van der Waals surface area (Å²) in [7, 11) is 0. The molecule has 0 aliphatic rings. The molecule has 0 amide bonds. The fourth-order valence-corrected chi connectivity index (χ4v) is 1.55. The van der Waals surface area contributed by atoms with Gasteiger partial charge in [0, 0.05) is 23.2 Å². The molecule has 3 aromatic rings. The Kier molecular flexibility index (Phi) is 1.47. The largest absolute Gasteiger partial charge is 0.254 e. The van der Waals surface area contributed by atoms with Crippen molar-refractivity contribution in [3.63, 3.8) is 0 Å². The first-order valence-electron chi connectivity index (χ1n) is 4.37. The van der Waals surface area contributed by atoms with Crippen LogP contribution < -0.4 is 0 Å². The van der Waals surface area contributed by atoms with E-state index < -0.39 is 0 Å². The van der Waals surface area contributed by atoms with Crippen molar-refractivity contribution in [2.75, 3.05) is 0 Å². The highest BCUT2D eigenvalue weighted by atomic mass is 14.7. The second kappa shape index (κ2) is 2.77. The van der Waals surface area contributed by atoms with Gasteiger partial charge in [-0.25, -0.2) is 0 Å². The Morgan fingerprint density at radius 1 is 0.786 bits per heavy atom. The maximum absolute atomic E-state index is 4.30. The number of pyridine rings is 2. The van der Waals surface area contributed by atoms with Crippen molar-refractivity contribution < 1.29 is 0 Å². The maximum atomic E-state index is 4.30. The molecule has 0 saturated carbocycles. The number of benzene rings is 1. The van der Waals surface area contributed by atoms with E-state index in [1.165, 1.54) is 0 Å². The molecule has 2 heteroatoms. The molecule has 2 nitrogen and oxygen atoms in total. The van der Waals surface area contributed by atoms with Crippen molar-refractivity contribution in [1.82, 2.24) is 9.97 Å².